The van der Waals surface area contributed by atoms with E-state index in [0.717, 1.165) is 22.1 Å². The highest BCUT2D eigenvalue weighted by Crippen LogP contribution is 2.23. The minimum atomic E-state index is -1.04. The predicted octanol–water partition coefficient (Wildman–Crippen LogP) is 2.05. The third kappa shape index (κ3) is 4.84. The van der Waals surface area contributed by atoms with Crippen LogP contribution < -0.4 is 16.0 Å². The summed E-state index contributed by atoms with van der Waals surface area (Å²) in [6, 6.07) is 10.9. The first-order valence-electron chi connectivity index (χ1n) is 10.6. The highest BCUT2D eigenvalue weighted by atomic mass is 35.5. The van der Waals surface area contributed by atoms with E-state index in [9.17, 15) is 24.0 Å². The number of carbonyl (C=O) groups is 5. The summed E-state index contributed by atoms with van der Waals surface area (Å²) in [6.07, 6.45) is 1.22. The molecule has 4 rings (SSSR count). The number of benzene rings is 2. The van der Waals surface area contributed by atoms with Crippen LogP contribution in [0.15, 0.2) is 54.2 Å². The van der Waals surface area contributed by atoms with E-state index in [-0.39, 0.29) is 31.0 Å². The lowest BCUT2D eigenvalue weighted by atomic mass is 10.0. The van der Waals surface area contributed by atoms with Crippen LogP contribution in [0.1, 0.15) is 34.3 Å². The Kier molecular flexibility index (Phi) is 6.47. The highest BCUT2D eigenvalue weighted by Gasteiger charge is 2.42. The SMILES string of the molecule is Cc1ccc(CNC(=O)c2cccc(NC3=CC(=O)N(C4CCC(=O)NC4=O)C3=O)c2)cc1Cl. The van der Waals surface area contributed by atoms with E-state index >= 15 is 0 Å². The highest BCUT2D eigenvalue weighted by molar-refractivity contribution is 6.31. The van der Waals surface area contributed by atoms with Crippen molar-refractivity contribution in [1.82, 2.24) is 15.5 Å². The average molecular weight is 481 g/mol. The Morgan fingerprint density at radius 3 is 2.68 bits per heavy atom. The van der Waals surface area contributed by atoms with Crippen LogP contribution >= 0.6 is 11.6 Å². The first-order valence-corrected chi connectivity index (χ1v) is 10.9. The summed E-state index contributed by atoms with van der Waals surface area (Å²) in [5.41, 5.74) is 2.54. The third-order valence-electron chi connectivity index (χ3n) is 5.57. The Bertz CT molecular complexity index is 1260. The zero-order chi connectivity index (χ0) is 24.4. The number of carbonyl (C=O) groups excluding carboxylic acids is 5. The molecule has 10 heteroatoms. The summed E-state index contributed by atoms with van der Waals surface area (Å²) in [5, 5.41) is 8.43. The molecule has 2 heterocycles. The average Bonchev–Trinajstić information content (AvgIpc) is 3.07. The van der Waals surface area contributed by atoms with Crippen molar-refractivity contribution in [3.63, 3.8) is 0 Å². The lowest BCUT2D eigenvalue weighted by Gasteiger charge is -2.28. The van der Waals surface area contributed by atoms with Crippen LogP contribution in [-0.2, 0) is 25.7 Å². The van der Waals surface area contributed by atoms with Gasteiger partial charge in [-0.15, -0.1) is 0 Å². The monoisotopic (exact) mass is 480 g/mol. The number of aryl methyl sites for hydroxylation is 1. The van der Waals surface area contributed by atoms with Gasteiger partial charge >= 0.3 is 0 Å². The van der Waals surface area contributed by atoms with Crippen molar-refractivity contribution in [3.05, 3.63) is 76.0 Å². The number of hydrogen-bond donors (Lipinski definition) is 3. The second kappa shape index (κ2) is 9.48. The van der Waals surface area contributed by atoms with Crippen molar-refractivity contribution in [2.45, 2.75) is 32.4 Å². The van der Waals surface area contributed by atoms with Crippen LogP contribution in [0.4, 0.5) is 5.69 Å². The Balaban J connectivity index is 1.41. The van der Waals surface area contributed by atoms with Gasteiger partial charge in [-0.2, -0.15) is 0 Å². The molecule has 9 nitrogen and oxygen atoms in total. The van der Waals surface area contributed by atoms with Crippen LogP contribution in [0.3, 0.4) is 0 Å². The molecule has 2 aliphatic rings. The summed E-state index contributed by atoms with van der Waals surface area (Å²) in [7, 11) is 0. The molecule has 0 aliphatic carbocycles. The molecule has 5 amide bonds. The first kappa shape index (κ1) is 23.2. The maximum Gasteiger partial charge on any atom is 0.278 e. The summed E-state index contributed by atoms with van der Waals surface area (Å²) >= 11 is 6.13. The van der Waals surface area contributed by atoms with Gasteiger partial charge in [0.1, 0.15) is 11.7 Å². The molecule has 34 heavy (non-hydrogen) atoms. The predicted molar refractivity (Wildman–Crippen MR) is 124 cm³/mol. The van der Waals surface area contributed by atoms with E-state index < -0.39 is 29.7 Å². The van der Waals surface area contributed by atoms with Gasteiger partial charge in [0.25, 0.3) is 17.7 Å². The molecule has 174 valence electrons. The molecule has 2 aromatic carbocycles. The fourth-order valence-electron chi connectivity index (χ4n) is 3.72. The summed E-state index contributed by atoms with van der Waals surface area (Å²) in [5.74, 6) is -2.76. The Morgan fingerprint density at radius 2 is 1.94 bits per heavy atom. The molecule has 0 aromatic heterocycles. The number of piperidine rings is 1. The fourth-order valence-corrected chi connectivity index (χ4v) is 3.93. The van der Waals surface area contributed by atoms with Crippen LogP contribution in [0.5, 0.6) is 0 Å². The zero-order valence-corrected chi connectivity index (χ0v) is 18.9. The quantitative estimate of drug-likeness (QED) is 0.543. The van der Waals surface area contributed by atoms with E-state index in [1.807, 2.05) is 19.1 Å². The van der Waals surface area contributed by atoms with Gasteiger partial charge in [-0.1, -0.05) is 29.8 Å². The molecule has 3 N–H and O–H groups in total. The molecular formula is C24H21ClN4O5. The molecule has 1 fully saturated rings. The van der Waals surface area contributed by atoms with Gasteiger partial charge in [-0.25, -0.2) is 0 Å². The third-order valence-corrected chi connectivity index (χ3v) is 5.98. The van der Waals surface area contributed by atoms with Crippen molar-refractivity contribution >= 4 is 46.8 Å². The number of nitrogens with one attached hydrogen (secondary N) is 3. The molecular weight excluding hydrogens is 460 g/mol. The van der Waals surface area contributed by atoms with Gasteiger partial charge in [-0.05, 0) is 48.7 Å². The minimum absolute atomic E-state index is 0.0263. The number of nitrogens with zero attached hydrogens (tertiary/aromatic N) is 1. The van der Waals surface area contributed by atoms with Gasteiger partial charge in [0.2, 0.25) is 11.8 Å². The molecule has 0 spiro atoms. The van der Waals surface area contributed by atoms with Gasteiger partial charge in [0, 0.05) is 35.3 Å². The van der Waals surface area contributed by atoms with Gasteiger partial charge in [0.15, 0.2) is 0 Å². The molecule has 1 atom stereocenters. The Labute approximate surface area is 200 Å². The zero-order valence-electron chi connectivity index (χ0n) is 18.2. The number of halogens is 1. The number of imide groups is 2. The smallest absolute Gasteiger partial charge is 0.278 e. The molecule has 1 unspecified atom stereocenters. The first-order chi connectivity index (χ1) is 16.2. The minimum Gasteiger partial charge on any atom is -0.351 e. The molecule has 0 saturated carbocycles. The van der Waals surface area contributed by atoms with E-state index in [4.69, 9.17) is 11.6 Å². The van der Waals surface area contributed by atoms with Crippen LogP contribution in [0.2, 0.25) is 5.02 Å². The van der Waals surface area contributed by atoms with Crippen LogP contribution in [-0.4, -0.2) is 40.5 Å². The Morgan fingerprint density at radius 1 is 1.15 bits per heavy atom. The van der Waals surface area contributed by atoms with Crippen LogP contribution in [0, 0.1) is 6.92 Å². The molecule has 0 radical (unpaired) electrons. The lowest BCUT2D eigenvalue weighted by Crippen LogP contribution is -2.54. The van der Waals surface area contributed by atoms with E-state index in [0.29, 0.717) is 16.3 Å². The molecule has 1 saturated heterocycles. The van der Waals surface area contributed by atoms with Gasteiger partial charge in [-0.3, -0.25) is 34.2 Å². The number of rotatable bonds is 6. The van der Waals surface area contributed by atoms with E-state index in [1.54, 1.807) is 30.3 Å². The van der Waals surface area contributed by atoms with Crippen LogP contribution in [0.25, 0.3) is 0 Å². The van der Waals surface area contributed by atoms with Crippen molar-refractivity contribution < 1.29 is 24.0 Å². The van der Waals surface area contributed by atoms with Crippen molar-refractivity contribution in [2.75, 3.05) is 5.32 Å². The maximum atomic E-state index is 12.8. The lowest BCUT2D eigenvalue weighted by molar-refractivity contribution is -0.149. The van der Waals surface area contributed by atoms with Crippen molar-refractivity contribution in [1.29, 1.82) is 0 Å². The topological polar surface area (TPSA) is 125 Å². The maximum absolute atomic E-state index is 12.8. The summed E-state index contributed by atoms with van der Waals surface area (Å²) < 4.78 is 0. The number of hydrogen-bond acceptors (Lipinski definition) is 6. The molecule has 2 aliphatic heterocycles. The number of anilines is 1. The molecule has 2 aromatic rings. The normalized spacial score (nSPS) is 18.0. The van der Waals surface area contributed by atoms with Gasteiger partial charge in [0.05, 0.1) is 0 Å². The standard InChI is InChI=1S/C24H21ClN4O5/c1-13-5-6-14(9-17(13)25)12-26-22(32)15-3-2-4-16(10-15)27-18-11-21(31)29(24(18)34)19-7-8-20(30)28-23(19)33/h2-6,9-11,19,27H,7-8,12H2,1H3,(H,26,32)(H,28,30,33). The van der Waals surface area contributed by atoms with Crippen molar-refractivity contribution in [2.24, 2.45) is 0 Å². The second-order valence-corrected chi connectivity index (χ2v) is 8.42. The second-order valence-electron chi connectivity index (χ2n) is 8.01. The Hall–Kier alpha value is -3.98. The summed E-state index contributed by atoms with van der Waals surface area (Å²) in [6.45, 7) is 2.18. The fraction of sp³-hybridized carbons (Fsp3) is 0.208. The van der Waals surface area contributed by atoms with E-state index in [2.05, 4.69) is 16.0 Å². The van der Waals surface area contributed by atoms with Gasteiger partial charge < -0.3 is 10.6 Å². The molecule has 0 bridgehead atoms. The van der Waals surface area contributed by atoms with Crippen molar-refractivity contribution in [3.8, 4) is 0 Å². The largest absolute Gasteiger partial charge is 0.351 e. The summed E-state index contributed by atoms with van der Waals surface area (Å²) in [4.78, 5) is 62.1. The number of amides is 5. The van der Waals surface area contributed by atoms with E-state index in [1.165, 1.54) is 0 Å².